The topological polar surface area (TPSA) is 50.4 Å². The Morgan fingerprint density at radius 2 is 2.43 bits per heavy atom. The van der Waals surface area contributed by atoms with Crippen LogP contribution in [0.15, 0.2) is 0 Å². The maximum atomic E-state index is 11.3. The van der Waals surface area contributed by atoms with Gasteiger partial charge >= 0.3 is 6.09 Å². The molecule has 2 unspecified atom stereocenters. The average molecular weight is 200 g/mol. The van der Waals surface area contributed by atoms with Gasteiger partial charge < -0.3 is 15.4 Å². The van der Waals surface area contributed by atoms with Crippen molar-refractivity contribution in [1.82, 2.24) is 10.6 Å². The summed E-state index contributed by atoms with van der Waals surface area (Å²) in [4.78, 5) is 11.3. The van der Waals surface area contributed by atoms with Crippen LogP contribution in [0, 0.1) is 5.92 Å². The van der Waals surface area contributed by atoms with Crippen molar-refractivity contribution in [1.29, 1.82) is 0 Å². The van der Waals surface area contributed by atoms with Gasteiger partial charge in [-0.25, -0.2) is 4.79 Å². The predicted molar refractivity (Wildman–Crippen MR) is 55.2 cm³/mol. The Bertz CT molecular complexity index is 185. The minimum atomic E-state index is -0.285. The van der Waals surface area contributed by atoms with Gasteiger partial charge in [0.15, 0.2) is 0 Å². The lowest BCUT2D eigenvalue weighted by atomic mass is 9.97. The van der Waals surface area contributed by atoms with Crippen LogP contribution in [0.4, 0.5) is 4.79 Å². The Balaban J connectivity index is 2.23. The number of nitrogens with one attached hydrogen (secondary N) is 2. The number of hydrogen-bond donors (Lipinski definition) is 2. The van der Waals surface area contributed by atoms with Crippen molar-refractivity contribution >= 4 is 6.09 Å². The van der Waals surface area contributed by atoms with Crippen LogP contribution in [0.25, 0.3) is 0 Å². The Labute approximate surface area is 85.4 Å². The van der Waals surface area contributed by atoms with Crippen molar-refractivity contribution in [2.75, 3.05) is 19.6 Å². The standard InChI is InChI=1S/C10H20N2O2/c1-3-5-12-10(13)14-9-7-11-6-4-8(9)2/h8-9,11H,3-7H2,1-2H3,(H,12,13). The zero-order valence-corrected chi connectivity index (χ0v) is 9.01. The quantitative estimate of drug-likeness (QED) is 0.717. The Morgan fingerprint density at radius 3 is 3.07 bits per heavy atom. The van der Waals surface area contributed by atoms with Crippen molar-refractivity contribution < 1.29 is 9.53 Å². The number of alkyl carbamates (subject to hydrolysis) is 1. The molecule has 0 aromatic rings. The molecule has 1 fully saturated rings. The summed E-state index contributed by atoms with van der Waals surface area (Å²) in [6, 6.07) is 0. The maximum absolute atomic E-state index is 11.3. The molecule has 1 heterocycles. The number of piperidine rings is 1. The molecule has 1 rings (SSSR count). The van der Waals surface area contributed by atoms with Crippen molar-refractivity contribution in [2.24, 2.45) is 5.92 Å². The number of amides is 1. The maximum Gasteiger partial charge on any atom is 0.407 e. The fourth-order valence-electron chi connectivity index (χ4n) is 1.53. The molecule has 0 aliphatic carbocycles. The zero-order valence-electron chi connectivity index (χ0n) is 9.01. The largest absolute Gasteiger partial charge is 0.445 e. The van der Waals surface area contributed by atoms with E-state index in [1.54, 1.807) is 0 Å². The summed E-state index contributed by atoms with van der Waals surface area (Å²) in [5, 5.41) is 5.93. The first-order chi connectivity index (χ1) is 6.74. The van der Waals surface area contributed by atoms with E-state index in [4.69, 9.17) is 4.74 Å². The summed E-state index contributed by atoms with van der Waals surface area (Å²) >= 11 is 0. The molecule has 0 aromatic carbocycles. The SMILES string of the molecule is CCCNC(=O)OC1CNCCC1C. The van der Waals surface area contributed by atoms with Gasteiger partial charge in [-0.15, -0.1) is 0 Å². The first-order valence-electron chi connectivity index (χ1n) is 5.39. The van der Waals surface area contributed by atoms with E-state index >= 15 is 0 Å². The molecule has 0 aromatic heterocycles. The van der Waals surface area contributed by atoms with Crippen LogP contribution < -0.4 is 10.6 Å². The van der Waals surface area contributed by atoms with Crippen molar-refractivity contribution in [3.05, 3.63) is 0 Å². The van der Waals surface area contributed by atoms with Gasteiger partial charge in [-0.2, -0.15) is 0 Å². The van der Waals surface area contributed by atoms with Gasteiger partial charge in [0.1, 0.15) is 6.10 Å². The third-order valence-electron chi connectivity index (χ3n) is 2.53. The molecule has 14 heavy (non-hydrogen) atoms. The summed E-state index contributed by atoms with van der Waals surface area (Å²) < 4.78 is 5.29. The molecular formula is C10H20N2O2. The predicted octanol–water partition coefficient (Wildman–Crippen LogP) is 1.12. The van der Waals surface area contributed by atoms with E-state index in [0.29, 0.717) is 12.5 Å². The summed E-state index contributed by atoms with van der Waals surface area (Å²) in [5.41, 5.74) is 0. The lowest BCUT2D eigenvalue weighted by Crippen LogP contribution is -2.44. The Morgan fingerprint density at radius 1 is 1.64 bits per heavy atom. The van der Waals surface area contributed by atoms with Crippen LogP contribution in [-0.4, -0.2) is 31.8 Å². The number of carbonyl (C=O) groups excluding carboxylic acids is 1. The zero-order chi connectivity index (χ0) is 10.4. The van der Waals surface area contributed by atoms with Gasteiger partial charge in [-0.3, -0.25) is 0 Å². The lowest BCUT2D eigenvalue weighted by molar-refractivity contribution is 0.0521. The number of carbonyl (C=O) groups is 1. The van der Waals surface area contributed by atoms with E-state index in [9.17, 15) is 4.79 Å². The van der Waals surface area contributed by atoms with Crippen LogP contribution >= 0.6 is 0 Å². The molecule has 0 bridgehead atoms. The van der Waals surface area contributed by atoms with Crippen LogP contribution in [-0.2, 0) is 4.74 Å². The molecule has 2 atom stereocenters. The molecule has 1 aliphatic heterocycles. The van der Waals surface area contributed by atoms with E-state index < -0.39 is 0 Å². The van der Waals surface area contributed by atoms with Gasteiger partial charge in [0.2, 0.25) is 0 Å². The molecule has 4 nitrogen and oxygen atoms in total. The second-order valence-corrected chi connectivity index (χ2v) is 3.84. The summed E-state index contributed by atoms with van der Waals surface area (Å²) in [6.45, 7) is 6.63. The van der Waals surface area contributed by atoms with Gasteiger partial charge in [0.05, 0.1) is 0 Å². The van der Waals surface area contributed by atoms with E-state index in [-0.39, 0.29) is 12.2 Å². The first-order valence-corrected chi connectivity index (χ1v) is 5.39. The van der Waals surface area contributed by atoms with Crippen LogP contribution in [0.5, 0.6) is 0 Å². The van der Waals surface area contributed by atoms with Crippen LogP contribution in [0.1, 0.15) is 26.7 Å². The van der Waals surface area contributed by atoms with Gasteiger partial charge in [-0.1, -0.05) is 13.8 Å². The highest BCUT2D eigenvalue weighted by atomic mass is 16.6. The van der Waals surface area contributed by atoms with E-state index in [1.807, 2.05) is 6.92 Å². The van der Waals surface area contributed by atoms with E-state index in [2.05, 4.69) is 17.6 Å². The minimum Gasteiger partial charge on any atom is -0.445 e. The lowest BCUT2D eigenvalue weighted by Gasteiger charge is -2.29. The highest BCUT2D eigenvalue weighted by Crippen LogP contribution is 2.14. The monoisotopic (exact) mass is 200 g/mol. The molecule has 82 valence electrons. The summed E-state index contributed by atoms with van der Waals surface area (Å²) in [6.07, 6.45) is 1.76. The fourth-order valence-corrected chi connectivity index (χ4v) is 1.53. The fraction of sp³-hybridized carbons (Fsp3) is 0.900. The highest BCUT2D eigenvalue weighted by Gasteiger charge is 2.24. The summed E-state index contributed by atoms with van der Waals surface area (Å²) in [5.74, 6) is 0.462. The number of hydrogen-bond acceptors (Lipinski definition) is 3. The average Bonchev–Trinajstić information content (AvgIpc) is 2.18. The first kappa shape index (κ1) is 11.3. The van der Waals surface area contributed by atoms with E-state index in [0.717, 1.165) is 25.9 Å². The van der Waals surface area contributed by atoms with Gasteiger partial charge in [0, 0.05) is 13.1 Å². The van der Waals surface area contributed by atoms with Gasteiger partial charge in [0.25, 0.3) is 0 Å². The molecule has 1 aliphatic rings. The summed E-state index contributed by atoms with van der Waals surface area (Å²) in [7, 11) is 0. The van der Waals surface area contributed by atoms with Gasteiger partial charge in [-0.05, 0) is 25.3 Å². The molecule has 2 N–H and O–H groups in total. The molecule has 0 spiro atoms. The third kappa shape index (κ3) is 3.54. The Kier molecular flexibility index (Phi) is 4.73. The van der Waals surface area contributed by atoms with Crippen LogP contribution in [0.3, 0.4) is 0 Å². The second kappa shape index (κ2) is 5.86. The van der Waals surface area contributed by atoms with Crippen molar-refractivity contribution in [3.8, 4) is 0 Å². The number of ether oxygens (including phenoxy) is 1. The normalized spacial score (nSPS) is 27.0. The molecule has 0 saturated carbocycles. The minimum absolute atomic E-state index is 0.0283. The smallest absolute Gasteiger partial charge is 0.407 e. The van der Waals surface area contributed by atoms with E-state index in [1.165, 1.54) is 0 Å². The second-order valence-electron chi connectivity index (χ2n) is 3.84. The molecular weight excluding hydrogens is 180 g/mol. The Hall–Kier alpha value is -0.770. The molecule has 1 saturated heterocycles. The van der Waals surface area contributed by atoms with Crippen molar-refractivity contribution in [2.45, 2.75) is 32.8 Å². The highest BCUT2D eigenvalue weighted by molar-refractivity contribution is 5.67. The third-order valence-corrected chi connectivity index (χ3v) is 2.53. The molecule has 4 heteroatoms. The van der Waals surface area contributed by atoms with Crippen LogP contribution in [0.2, 0.25) is 0 Å². The van der Waals surface area contributed by atoms with Crippen molar-refractivity contribution in [3.63, 3.8) is 0 Å². The number of rotatable bonds is 3. The molecule has 1 amide bonds. The molecule has 0 radical (unpaired) electrons.